The fraction of sp³-hybridized carbons (Fsp3) is 0.727. The average Bonchev–Trinajstić information content (AvgIpc) is 2.19. The number of hydrogen-bond donors (Lipinski definition) is 0. The van der Waals surface area contributed by atoms with Crippen LogP contribution >= 0.6 is 0 Å². The molecule has 80 valence electrons. The normalized spacial score (nSPS) is 21.0. The van der Waals surface area contributed by atoms with Crippen LogP contribution in [0.3, 0.4) is 0 Å². The second kappa shape index (κ2) is 5.15. The molecule has 1 rings (SSSR count). The predicted octanol–water partition coefficient (Wildman–Crippen LogP) is 1.45. The van der Waals surface area contributed by atoms with Crippen LogP contribution in [0.15, 0.2) is 12.3 Å². The fourth-order valence-electron chi connectivity index (χ4n) is 1.65. The van der Waals surface area contributed by atoms with Crippen molar-refractivity contribution in [2.24, 2.45) is 5.41 Å². The highest BCUT2D eigenvalue weighted by Crippen LogP contribution is 2.32. The molecular weight excluding hydrogens is 178 g/mol. The highest BCUT2D eigenvalue weighted by molar-refractivity contribution is 5.59. The second-order valence-electron chi connectivity index (χ2n) is 4.15. The van der Waals surface area contributed by atoms with Crippen LogP contribution in [0.2, 0.25) is 0 Å². The molecule has 0 spiro atoms. The molecule has 0 aromatic heterocycles. The van der Waals surface area contributed by atoms with E-state index in [1.54, 1.807) is 0 Å². The molecule has 0 N–H and O–H groups in total. The van der Waals surface area contributed by atoms with E-state index in [-0.39, 0.29) is 5.41 Å². The molecule has 0 aromatic rings. The Morgan fingerprint density at radius 3 is 2.50 bits per heavy atom. The second-order valence-corrected chi connectivity index (χ2v) is 4.15. The van der Waals surface area contributed by atoms with Gasteiger partial charge in [-0.1, -0.05) is 6.08 Å². The number of rotatable bonds is 4. The van der Waals surface area contributed by atoms with Gasteiger partial charge in [0, 0.05) is 32.7 Å². The van der Waals surface area contributed by atoms with E-state index in [0.29, 0.717) is 13.2 Å². The van der Waals surface area contributed by atoms with Gasteiger partial charge in [0.25, 0.3) is 0 Å². The zero-order valence-corrected chi connectivity index (χ0v) is 9.03. The van der Waals surface area contributed by atoms with Crippen LogP contribution in [0.25, 0.3) is 0 Å². The number of nitrogens with zero attached hydrogens (tertiary/aromatic N) is 1. The molecule has 14 heavy (non-hydrogen) atoms. The molecule has 1 aliphatic heterocycles. The first kappa shape index (κ1) is 11.2. The Hall–Kier alpha value is -0.830. The van der Waals surface area contributed by atoms with Gasteiger partial charge in [-0.15, -0.1) is 0 Å². The average molecular weight is 197 g/mol. The summed E-state index contributed by atoms with van der Waals surface area (Å²) in [5.41, 5.74) is -0.162. The highest BCUT2D eigenvalue weighted by Gasteiger charge is 2.30. The van der Waals surface area contributed by atoms with Crippen LogP contribution in [-0.2, 0) is 9.53 Å². The van der Waals surface area contributed by atoms with E-state index in [1.807, 2.05) is 25.2 Å². The molecule has 3 nitrogen and oxygen atoms in total. The van der Waals surface area contributed by atoms with Crippen molar-refractivity contribution in [3.05, 3.63) is 12.3 Å². The van der Waals surface area contributed by atoms with Gasteiger partial charge in [-0.05, 0) is 25.5 Å². The first-order chi connectivity index (χ1) is 6.68. The number of allylic oxidation sites excluding steroid dienone is 1. The Balaban J connectivity index is 2.48. The molecule has 1 fully saturated rings. The molecule has 1 aliphatic rings. The molecule has 0 aliphatic carbocycles. The van der Waals surface area contributed by atoms with E-state index in [0.717, 1.165) is 25.5 Å². The van der Waals surface area contributed by atoms with Gasteiger partial charge in [0.15, 0.2) is 0 Å². The molecule has 0 bridgehead atoms. The van der Waals surface area contributed by atoms with Crippen molar-refractivity contribution in [1.29, 1.82) is 0 Å². The molecule has 0 saturated carbocycles. The Kier molecular flexibility index (Phi) is 4.14. The number of ether oxygens (including phenoxy) is 1. The van der Waals surface area contributed by atoms with Gasteiger partial charge >= 0.3 is 0 Å². The lowest BCUT2D eigenvalue weighted by molar-refractivity contribution is -0.121. The monoisotopic (exact) mass is 197 g/mol. The zero-order valence-electron chi connectivity index (χ0n) is 9.03. The van der Waals surface area contributed by atoms with Gasteiger partial charge in [-0.2, -0.15) is 0 Å². The number of hydrogen-bond acceptors (Lipinski definition) is 3. The first-order valence-electron chi connectivity index (χ1n) is 5.06. The van der Waals surface area contributed by atoms with Gasteiger partial charge < -0.3 is 14.4 Å². The molecule has 0 radical (unpaired) electrons. The van der Waals surface area contributed by atoms with Gasteiger partial charge in [0.1, 0.15) is 6.29 Å². The third-order valence-corrected chi connectivity index (χ3v) is 2.67. The lowest BCUT2D eigenvalue weighted by Gasteiger charge is -2.30. The topological polar surface area (TPSA) is 29.5 Å². The zero-order chi connectivity index (χ0) is 10.4. The minimum absolute atomic E-state index is 0.162. The van der Waals surface area contributed by atoms with Crippen molar-refractivity contribution in [3.8, 4) is 0 Å². The Bertz CT molecular complexity index is 205. The van der Waals surface area contributed by atoms with Crippen molar-refractivity contribution in [2.45, 2.75) is 19.3 Å². The van der Waals surface area contributed by atoms with Gasteiger partial charge in [0.2, 0.25) is 0 Å². The molecule has 0 atom stereocenters. The first-order valence-corrected chi connectivity index (χ1v) is 5.06. The van der Waals surface area contributed by atoms with Gasteiger partial charge in [-0.3, -0.25) is 0 Å². The summed E-state index contributed by atoms with van der Waals surface area (Å²) in [6.45, 7) is 1.43. The summed E-state index contributed by atoms with van der Waals surface area (Å²) < 4.78 is 5.26. The Morgan fingerprint density at radius 2 is 2.00 bits per heavy atom. The predicted molar refractivity (Wildman–Crippen MR) is 56.0 cm³/mol. The molecule has 0 aromatic carbocycles. The van der Waals surface area contributed by atoms with Crippen molar-refractivity contribution in [2.75, 3.05) is 27.3 Å². The third-order valence-electron chi connectivity index (χ3n) is 2.67. The lowest BCUT2D eigenvalue weighted by atomic mass is 9.79. The van der Waals surface area contributed by atoms with Crippen molar-refractivity contribution in [3.63, 3.8) is 0 Å². The summed E-state index contributed by atoms with van der Waals surface area (Å²) in [5.74, 6) is 0. The summed E-state index contributed by atoms with van der Waals surface area (Å²) in [6.07, 6.45) is 7.72. The van der Waals surface area contributed by atoms with Crippen molar-refractivity contribution in [1.82, 2.24) is 4.90 Å². The molecule has 0 amide bonds. The minimum Gasteiger partial charge on any atom is -0.384 e. The lowest BCUT2D eigenvalue weighted by Crippen LogP contribution is -2.30. The minimum atomic E-state index is -0.162. The number of carbonyl (C=O) groups is 1. The molecule has 3 heteroatoms. The van der Waals surface area contributed by atoms with E-state index in [4.69, 9.17) is 4.74 Å². The summed E-state index contributed by atoms with van der Waals surface area (Å²) in [4.78, 5) is 13.0. The van der Waals surface area contributed by atoms with Crippen LogP contribution in [-0.4, -0.2) is 38.5 Å². The summed E-state index contributed by atoms with van der Waals surface area (Å²) in [7, 11) is 3.96. The van der Waals surface area contributed by atoms with Gasteiger partial charge in [0.05, 0.1) is 0 Å². The molecule has 1 heterocycles. The van der Waals surface area contributed by atoms with Crippen LogP contribution in [0.1, 0.15) is 19.3 Å². The van der Waals surface area contributed by atoms with E-state index in [2.05, 4.69) is 6.08 Å². The smallest absolute Gasteiger partial charge is 0.126 e. The fourth-order valence-corrected chi connectivity index (χ4v) is 1.65. The van der Waals surface area contributed by atoms with Crippen LogP contribution < -0.4 is 0 Å². The molecular formula is C11H19NO2. The van der Waals surface area contributed by atoms with E-state index in [1.165, 1.54) is 0 Å². The number of carbonyl (C=O) groups excluding carboxylic acids is 1. The third kappa shape index (κ3) is 3.14. The van der Waals surface area contributed by atoms with E-state index >= 15 is 0 Å². The summed E-state index contributed by atoms with van der Waals surface area (Å²) >= 11 is 0. The Labute approximate surface area is 85.7 Å². The van der Waals surface area contributed by atoms with Crippen molar-refractivity contribution < 1.29 is 9.53 Å². The highest BCUT2D eigenvalue weighted by atomic mass is 16.5. The Morgan fingerprint density at radius 1 is 1.36 bits per heavy atom. The van der Waals surface area contributed by atoms with Crippen LogP contribution in [0.4, 0.5) is 0 Å². The maximum absolute atomic E-state index is 11.1. The standard InChI is InChI=1S/C11H19NO2/c1-12(2)7-3-4-11(10-13)5-8-14-9-6-11/h3,7,10H,4-6,8-9H2,1-2H3. The molecule has 1 saturated heterocycles. The maximum Gasteiger partial charge on any atom is 0.126 e. The number of aldehydes is 1. The summed E-state index contributed by atoms with van der Waals surface area (Å²) in [5, 5.41) is 0. The van der Waals surface area contributed by atoms with Gasteiger partial charge in [-0.25, -0.2) is 0 Å². The molecule has 0 unspecified atom stereocenters. The van der Waals surface area contributed by atoms with E-state index in [9.17, 15) is 4.79 Å². The van der Waals surface area contributed by atoms with Crippen LogP contribution in [0, 0.1) is 5.41 Å². The van der Waals surface area contributed by atoms with Crippen LogP contribution in [0.5, 0.6) is 0 Å². The quantitative estimate of drug-likeness (QED) is 0.639. The maximum atomic E-state index is 11.1. The van der Waals surface area contributed by atoms with Crippen molar-refractivity contribution >= 4 is 6.29 Å². The largest absolute Gasteiger partial charge is 0.384 e. The SMILES string of the molecule is CN(C)C=CCC1(C=O)CCOCC1. The summed E-state index contributed by atoms with van der Waals surface area (Å²) in [6, 6.07) is 0. The van der Waals surface area contributed by atoms with E-state index < -0.39 is 0 Å².